The number of rotatable bonds is 4. The predicted octanol–water partition coefficient (Wildman–Crippen LogP) is 7.43. The molecule has 1 fully saturated rings. The zero-order valence-electron chi connectivity index (χ0n) is 29.8. The van der Waals surface area contributed by atoms with E-state index in [0.717, 1.165) is 35.7 Å². The first kappa shape index (κ1) is 38.4. The SMILES string of the molecule is CC(C)(O)C(C)(C)O.COC(=O)c1cc2ccsc2c2sccc12.[B]c1cc2c(C(=O)OC)cc3cc(B4OC(C)(C)C(C)(C)O4)sc3c2s1. The van der Waals surface area contributed by atoms with Gasteiger partial charge in [0.05, 0.1) is 66.6 Å². The molecule has 4 aromatic heterocycles. The third-order valence-corrected chi connectivity index (χ3v) is 13.6. The molecule has 0 saturated carbocycles. The summed E-state index contributed by atoms with van der Waals surface area (Å²) in [5.74, 6) is -0.630. The standard InChI is InChI=1S/C18H18B2O4S2.C12H8O2S2.C6H14O2/c1-17(2)18(3,4)24-20(23-17)13-7-9-6-11(16(21)22-5)10-8-12(19)25-15(10)14(9)26-13;1-14-12(13)9-6-7-2-4-15-10(7)11-8(9)3-5-16-11;1-5(2,7)6(3,4)8/h6-8H,1-5H3;2-6H,1H3;7-8H,1-4H3. The molecule has 262 valence electrons. The lowest BCUT2D eigenvalue weighted by atomic mass is 9.87. The number of aliphatic hydroxyl groups is 2. The Hall–Kier alpha value is -2.81. The molecule has 7 rings (SSSR count). The highest BCUT2D eigenvalue weighted by Gasteiger charge is 2.52. The van der Waals surface area contributed by atoms with Gasteiger partial charge in [-0.3, -0.25) is 0 Å². The molecule has 1 aliphatic heterocycles. The van der Waals surface area contributed by atoms with Crippen LogP contribution in [0.2, 0.25) is 0 Å². The highest BCUT2D eigenvalue weighted by atomic mass is 32.1. The molecule has 0 spiro atoms. The molecule has 2 aromatic carbocycles. The molecule has 6 aromatic rings. The molecule has 0 aliphatic carbocycles. The molecular formula is C36H40B2O8S4. The first-order chi connectivity index (χ1) is 23.2. The maximum absolute atomic E-state index is 12.2. The van der Waals surface area contributed by atoms with Crippen molar-refractivity contribution in [1.82, 2.24) is 0 Å². The summed E-state index contributed by atoms with van der Waals surface area (Å²) in [6.07, 6.45) is 0. The van der Waals surface area contributed by atoms with E-state index in [1.807, 2.05) is 74.9 Å². The minimum atomic E-state index is -1.01. The van der Waals surface area contributed by atoms with Gasteiger partial charge in [-0.1, -0.05) is 6.07 Å². The first-order valence-corrected chi connectivity index (χ1v) is 19.2. The van der Waals surface area contributed by atoms with Crippen molar-refractivity contribution >= 4 is 122 Å². The monoisotopic (exact) mass is 750 g/mol. The van der Waals surface area contributed by atoms with Crippen LogP contribution < -0.4 is 9.55 Å². The molecule has 2 radical (unpaired) electrons. The first-order valence-electron chi connectivity index (χ1n) is 15.8. The number of carbonyl (C=O) groups excluding carboxylic acids is 2. The minimum absolute atomic E-state index is 0.267. The summed E-state index contributed by atoms with van der Waals surface area (Å²) in [6, 6.07) is 11.6. The van der Waals surface area contributed by atoms with Gasteiger partial charge in [0.1, 0.15) is 7.85 Å². The van der Waals surface area contributed by atoms with Crippen LogP contribution in [0.15, 0.2) is 47.2 Å². The quantitative estimate of drug-likeness (QED) is 0.142. The molecule has 8 nitrogen and oxygen atoms in total. The van der Waals surface area contributed by atoms with Crippen LogP contribution in [0.4, 0.5) is 0 Å². The fraction of sp³-hybridized carbons (Fsp3) is 0.389. The van der Waals surface area contributed by atoms with Gasteiger partial charge in [0.15, 0.2) is 0 Å². The van der Waals surface area contributed by atoms with E-state index in [1.54, 1.807) is 61.7 Å². The summed E-state index contributed by atoms with van der Waals surface area (Å²) in [7, 11) is 8.39. The van der Waals surface area contributed by atoms with Gasteiger partial charge < -0.3 is 29.0 Å². The fourth-order valence-electron chi connectivity index (χ4n) is 4.90. The van der Waals surface area contributed by atoms with Crippen LogP contribution in [0.25, 0.3) is 40.3 Å². The van der Waals surface area contributed by atoms with Gasteiger partial charge in [-0.05, 0) is 112 Å². The van der Waals surface area contributed by atoms with E-state index in [9.17, 15) is 9.59 Å². The summed E-state index contributed by atoms with van der Waals surface area (Å²) in [5, 5.41) is 26.2. The van der Waals surface area contributed by atoms with E-state index < -0.39 is 29.5 Å². The molecule has 14 heteroatoms. The number of thiophene rings is 4. The Balaban J connectivity index is 0.000000171. The Kier molecular flexibility index (Phi) is 10.7. The number of ether oxygens (including phenoxy) is 2. The van der Waals surface area contributed by atoms with E-state index in [0.29, 0.717) is 15.9 Å². The lowest BCUT2D eigenvalue weighted by Gasteiger charge is -2.32. The molecule has 0 bridgehead atoms. The number of methoxy groups -OCH3 is 2. The lowest BCUT2D eigenvalue weighted by molar-refractivity contribution is -0.107. The van der Waals surface area contributed by atoms with E-state index >= 15 is 0 Å². The third kappa shape index (κ3) is 7.40. The smallest absolute Gasteiger partial charge is 0.465 e. The van der Waals surface area contributed by atoms with E-state index in [4.69, 9.17) is 36.8 Å². The largest absolute Gasteiger partial charge is 0.505 e. The molecule has 50 heavy (non-hydrogen) atoms. The fourth-order valence-corrected chi connectivity index (χ4v) is 9.10. The van der Waals surface area contributed by atoms with E-state index in [2.05, 4.69) is 0 Å². The van der Waals surface area contributed by atoms with Gasteiger partial charge in [0.25, 0.3) is 0 Å². The Labute approximate surface area is 309 Å². The van der Waals surface area contributed by atoms with Crippen LogP contribution in [0.1, 0.15) is 76.1 Å². The van der Waals surface area contributed by atoms with E-state index in [1.165, 1.54) is 35.0 Å². The molecule has 0 unspecified atom stereocenters. The van der Waals surface area contributed by atoms with Crippen LogP contribution in [0, 0.1) is 0 Å². The Morgan fingerprint density at radius 1 is 0.720 bits per heavy atom. The van der Waals surface area contributed by atoms with Crippen molar-refractivity contribution in [2.24, 2.45) is 0 Å². The average Bonchev–Trinajstić information content (AvgIpc) is 3.84. The third-order valence-electron chi connectivity index (χ3n) is 9.28. The van der Waals surface area contributed by atoms with Gasteiger partial charge in [-0.15, -0.1) is 34.0 Å². The summed E-state index contributed by atoms with van der Waals surface area (Å²) in [5.41, 5.74) is -1.62. The van der Waals surface area contributed by atoms with Crippen molar-refractivity contribution in [3.8, 4) is 0 Å². The number of hydrogen-bond acceptors (Lipinski definition) is 12. The molecular weight excluding hydrogens is 710 g/mol. The Morgan fingerprint density at radius 2 is 1.24 bits per heavy atom. The summed E-state index contributed by atoms with van der Waals surface area (Å²) in [4.78, 5) is 23.9. The molecule has 1 saturated heterocycles. The molecule has 1 aliphatic rings. The molecule has 2 N–H and O–H groups in total. The Morgan fingerprint density at radius 3 is 1.80 bits per heavy atom. The van der Waals surface area contributed by atoms with Crippen LogP contribution in [-0.4, -0.2) is 73.7 Å². The number of benzene rings is 2. The van der Waals surface area contributed by atoms with Crippen molar-refractivity contribution in [3.63, 3.8) is 0 Å². The normalized spacial score (nSPS) is 15.6. The molecule has 5 heterocycles. The zero-order valence-corrected chi connectivity index (χ0v) is 33.0. The van der Waals surface area contributed by atoms with Gasteiger partial charge in [0.2, 0.25) is 0 Å². The molecule has 0 atom stereocenters. The topological polar surface area (TPSA) is 112 Å². The van der Waals surface area contributed by atoms with Crippen molar-refractivity contribution in [1.29, 1.82) is 0 Å². The van der Waals surface area contributed by atoms with Gasteiger partial charge in [-0.2, -0.15) is 11.3 Å². The van der Waals surface area contributed by atoms with Gasteiger partial charge in [-0.25, -0.2) is 9.59 Å². The average molecular weight is 751 g/mol. The van der Waals surface area contributed by atoms with Gasteiger partial charge >= 0.3 is 19.1 Å². The van der Waals surface area contributed by atoms with Gasteiger partial charge in [0, 0.05) is 15.5 Å². The second kappa shape index (κ2) is 14.0. The number of fused-ring (bicyclic) bond motifs is 6. The Bertz CT molecular complexity index is 2170. The number of hydrogen-bond donors (Lipinski definition) is 2. The number of esters is 2. The maximum Gasteiger partial charge on any atom is 0.505 e. The highest BCUT2D eigenvalue weighted by Crippen LogP contribution is 2.40. The second-order valence-electron chi connectivity index (χ2n) is 14.0. The van der Waals surface area contributed by atoms with Crippen molar-refractivity contribution < 1.29 is 38.6 Å². The molecule has 0 amide bonds. The van der Waals surface area contributed by atoms with Crippen LogP contribution >= 0.6 is 45.3 Å². The van der Waals surface area contributed by atoms with Crippen LogP contribution in [-0.2, 0) is 18.8 Å². The summed E-state index contributed by atoms with van der Waals surface area (Å²) < 4.78 is 28.2. The number of carbonyl (C=O) groups is 2. The van der Waals surface area contributed by atoms with Crippen molar-refractivity contribution in [3.05, 3.63) is 58.3 Å². The van der Waals surface area contributed by atoms with Crippen LogP contribution in [0.5, 0.6) is 0 Å². The lowest BCUT2D eigenvalue weighted by Crippen LogP contribution is -2.44. The highest BCUT2D eigenvalue weighted by molar-refractivity contribution is 7.34. The maximum atomic E-state index is 12.2. The van der Waals surface area contributed by atoms with Crippen molar-refractivity contribution in [2.75, 3.05) is 14.2 Å². The summed E-state index contributed by atoms with van der Waals surface area (Å²) in [6.45, 7) is 14.4. The van der Waals surface area contributed by atoms with E-state index in [-0.39, 0.29) is 11.9 Å². The zero-order chi connectivity index (χ0) is 37.0. The van der Waals surface area contributed by atoms with Crippen molar-refractivity contribution in [2.45, 2.75) is 77.8 Å². The minimum Gasteiger partial charge on any atom is -0.465 e. The predicted molar refractivity (Wildman–Crippen MR) is 211 cm³/mol. The second-order valence-corrected chi connectivity index (χ2v) is 18.0. The van der Waals surface area contributed by atoms with Crippen LogP contribution in [0.3, 0.4) is 0 Å². The summed E-state index contributed by atoms with van der Waals surface area (Å²) >= 11 is 6.47.